The standard InChI is InChI=1S/C36H29N3O8/c1-36-28(33(42)38(35(36)44)21-6-3-2-4-7-21)17-27-25(31(36)20-14-19-15-24(40)10-13-29(19)47-18-20)11-12-26-30(27)34(43)37(32(26)41)22-8-5-9-23(16-22)39(45)46/h2-11,13,15-16,18,26-28,30-31,40H,12,14,17H2,1H3. The second-order valence-electron chi connectivity index (χ2n) is 13.1. The number of carbonyl (C=O) groups excluding carboxylic acids is 4. The number of hydrogen-bond acceptors (Lipinski definition) is 8. The molecule has 1 N–H and O–H groups in total. The third-order valence-electron chi connectivity index (χ3n) is 10.7. The van der Waals surface area contributed by atoms with Gasteiger partial charge in [-0.1, -0.05) is 35.9 Å². The Morgan fingerprint density at radius 2 is 1.66 bits per heavy atom. The van der Waals surface area contributed by atoms with Gasteiger partial charge >= 0.3 is 0 Å². The van der Waals surface area contributed by atoms with Gasteiger partial charge in [0.25, 0.3) is 5.69 Å². The molecule has 47 heavy (non-hydrogen) atoms. The molecular formula is C36H29N3O8. The zero-order valence-electron chi connectivity index (χ0n) is 25.2. The Morgan fingerprint density at radius 1 is 0.894 bits per heavy atom. The number of benzene rings is 3. The van der Waals surface area contributed by atoms with Crippen molar-refractivity contribution < 1.29 is 33.9 Å². The van der Waals surface area contributed by atoms with Crippen LogP contribution in [0.2, 0.25) is 0 Å². The van der Waals surface area contributed by atoms with Crippen molar-refractivity contribution in [1.29, 1.82) is 0 Å². The van der Waals surface area contributed by atoms with Crippen molar-refractivity contribution in [2.45, 2.75) is 26.2 Å². The first kappa shape index (κ1) is 28.9. The van der Waals surface area contributed by atoms with Gasteiger partial charge in [-0.2, -0.15) is 0 Å². The molecule has 2 saturated heterocycles. The summed E-state index contributed by atoms with van der Waals surface area (Å²) in [6.45, 7) is 1.81. The number of anilines is 2. The number of para-hydroxylation sites is 1. The number of amides is 4. The lowest BCUT2D eigenvalue weighted by Gasteiger charge is -2.49. The van der Waals surface area contributed by atoms with Gasteiger partial charge in [0.2, 0.25) is 23.6 Å². The zero-order chi connectivity index (χ0) is 32.8. The van der Waals surface area contributed by atoms with E-state index < -0.39 is 51.7 Å². The van der Waals surface area contributed by atoms with Gasteiger partial charge in [0.1, 0.15) is 11.5 Å². The SMILES string of the molecule is CC12C(=O)N(c3ccccc3)C(=O)C1CC1C(=CCC3C(=O)N(c4cccc([N+](=O)[O-])c4)C(=O)C31)C2C1=COc2ccc(O)cc2C1. The van der Waals surface area contributed by atoms with Gasteiger partial charge in [-0.05, 0) is 67.7 Å². The van der Waals surface area contributed by atoms with Crippen molar-refractivity contribution in [3.63, 3.8) is 0 Å². The summed E-state index contributed by atoms with van der Waals surface area (Å²) in [4.78, 5) is 70.1. The Hall–Kier alpha value is -5.58. The molecule has 3 aromatic carbocycles. The summed E-state index contributed by atoms with van der Waals surface area (Å²) < 4.78 is 6.03. The molecule has 4 amide bonds. The molecule has 6 unspecified atom stereocenters. The molecule has 3 aliphatic heterocycles. The Morgan fingerprint density at radius 3 is 2.43 bits per heavy atom. The minimum Gasteiger partial charge on any atom is -0.508 e. The fourth-order valence-electron chi connectivity index (χ4n) is 8.67. The fraction of sp³-hybridized carbons (Fsp3) is 0.278. The Bertz CT molecular complexity index is 1990. The summed E-state index contributed by atoms with van der Waals surface area (Å²) in [5.41, 5.74) is 1.38. The van der Waals surface area contributed by atoms with Crippen LogP contribution in [0.1, 0.15) is 25.3 Å². The van der Waals surface area contributed by atoms with E-state index in [0.29, 0.717) is 17.9 Å². The lowest BCUT2D eigenvalue weighted by Crippen LogP contribution is -2.51. The van der Waals surface area contributed by atoms with Crippen molar-refractivity contribution in [3.05, 3.63) is 112 Å². The van der Waals surface area contributed by atoms with Crippen molar-refractivity contribution in [1.82, 2.24) is 0 Å². The number of rotatable bonds is 4. The number of carbonyl (C=O) groups is 4. The van der Waals surface area contributed by atoms with Gasteiger partial charge in [-0.15, -0.1) is 0 Å². The van der Waals surface area contributed by atoms with E-state index in [9.17, 15) is 34.4 Å². The van der Waals surface area contributed by atoms with Gasteiger partial charge < -0.3 is 9.84 Å². The van der Waals surface area contributed by atoms with Crippen LogP contribution in [0.5, 0.6) is 11.5 Å². The molecule has 1 saturated carbocycles. The number of hydrogen-bond donors (Lipinski definition) is 1. The number of nitro groups is 1. The van der Waals surface area contributed by atoms with E-state index in [2.05, 4.69) is 0 Å². The van der Waals surface area contributed by atoms with E-state index in [-0.39, 0.29) is 41.8 Å². The largest absolute Gasteiger partial charge is 0.508 e. The number of nitrogens with zero attached hydrogens (tertiary/aromatic N) is 3. The van der Waals surface area contributed by atoms with Crippen LogP contribution in [0.15, 0.2) is 96.3 Å². The summed E-state index contributed by atoms with van der Waals surface area (Å²) in [6, 6.07) is 19.0. The fourth-order valence-corrected chi connectivity index (χ4v) is 8.67. The molecule has 11 heteroatoms. The third-order valence-corrected chi connectivity index (χ3v) is 10.7. The molecule has 8 rings (SSSR count). The first-order chi connectivity index (χ1) is 22.6. The summed E-state index contributed by atoms with van der Waals surface area (Å²) >= 11 is 0. The summed E-state index contributed by atoms with van der Waals surface area (Å²) in [5, 5.41) is 21.7. The van der Waals surface area contributed by atoms with Crippen LogP contribution in [-0.4, -0.2) is 33.7 Å². The monoisotopic (exact) mass is 631 g/mol. The van der Waals surface area contributed by atoms with Gasteiger partial charge in [-0.25, -0.2) is 9.80 Å². The number of non-ortho nitro benzene ring substituents is 1. The number of allylic oxidation sites excluding steroid dienone is 3. The van der Waals surface area contributed by atoms with Crippen LogP contribution in [0.25, 0.3) is 0 Å². The number of aromatic hydroxyl groups is 1. The quantitative estimate of drug-likeness (QED) is 0.181. The molecule has 236 valence electrons. The first-order valence-electron chi connectivity index (χ1n) is 15.5. The maximum absolute atomic E-state index is 14.6. The lowest BCUT2D eigenvalue weighted by molar-refractivity contribution is -0.384. The predicted molar refractivity (Wildman–Crippen MR) is 168 cm³/mol. The van der Waals surface area contributed by atoms with E-state index >= 15 is 0 Å². The Labute approximate surface area is 268 Å². The topological polar surface area (TPSA) is 147 Å². The molecule has 0 aromatic heterocycles. The van der Waals surface area contributed by atoms with Gasteiger partial charge in [0, 0.05) is 30.0 Å². The van der Waals surface area contributed by atoms with Crippen molar-refractivity contribution in [2.24, 2.45) is 35.0 Å². The summed E-state index contributed by atoms with van der Waals surface area (Å²) in [7, 11) is 0. The number of imide groups is 2. The molecular weight excluding hydrogens is 602 g/mol. The summed E-state index contributed by atoms with van der Waals surface area (Å²) in [6.07, 6.45) is 4.32. The summed E-state index contributed by atoms with van der Waals surface area (Å²) in [5.74, 6) is -4.50. The molecule has 0 bridgehead atoms. The van der Waals surface area contributed by atoms with E-state index in [0.717, 1.165) is 21.6 Å². The van der Waals surface area contributed by atoms with Gasteiger partial charge in [0.15, 0.2) is 0 Å². The van der Waals surface area contributed by atoms with Crippen LogP contribution in [0.3, 0.4) is 0 Å². The number of phenolic OH excluding ortho intramolecular Hbond substituents is 1. The Balaban J connectivity index is 1.24. The van der Waals surface area contributed by atoms with Crippen LogP contribution in [-0.2, 0) is 25.6 Å². The van der Waals surface area contributed by atoms with Crippen LogP contribution >= 0.6 is 0 Å². The van der Waals surface area contributed by atoms with Gasteiger partial charge in [0.05, 0.1) is 45.7 Å². The minimum atomic E-state index is -1.23. The molecule has 0 spiro atoms. The van der Waals surface area contributed by atoms with E-state index in [1.807, 2.05) is 13.0 Å². The van der Waals surface area contributed by atoms with Gasteiger partial charge in [-0.3, -0.25) is 29.3 Å². The number of nitro benzene ring substituents is 1. The molecule has 3 aromatic rings. The normalized spacial score (nSPS) is 29.3. The highest BCUT2D eigenvalue weighted by atomic mass is 16.6. The Kier molecular flexibility index (Phi) is 6.27. The van der Waals surface area contributed by atoms with E-state index in [1.54, 1.807) is 48.7 Å². The average molecular weight is 632 g/mol. The predicted octanol–water partition coefficient (Wildman–Crippen LogP) is 5.09. The molecule has 6 atom stereocenters. The van der Waals surface area contributed by atoms with E-state index in [4.69, 9.17) is 4.74 Å². The smallest absolute Gasteiger partial charge is 0.271 e. The van der Waals surface area contributed by atoms with Crippen LogP contribution < -0.4 is 14.5 Å². The van der Waals surface area contributed by atoms with Crippen molar-refractivity contribution in [3.8, 4) is 11.5 Å². The van der Waals surface area contributed by atoms with E-state index in [1.165, 1.54) is 35.2 Å². The lowest BCUT2D eigenvalue weighted by atomic mass is 9.51. The molecule has 11 nitrogen and oxygen atoms in total. The minimum absolute atomic E-state index is 0.0672. The molecule has 5 aliphatic rings. The average Bonchev–Trinajstić information content (AvgIpc) is 3.44. The number of fused-ring (bicyclic) bond motifs is 5. The molecule has 3 fully saturated rings. The second-order valence-corrected chi connectivity index (χ2v) is 13.1. The highest BCUT2D eigenvalue weighted by Crippen LogP contribution is 2.63. The number of phenols is 1. The number of ether oxygens (including phenoxy) is 1. The zero-order valence-corrected chi connectivity index (χ0v) is 25.2. The highest BCUT2D eigenvalue weighted by molar-refractivity contribution is 6.25. The molecule has 0 radical (unpaired) electrons. The maximum atomic E-state index is 14.6. The molecule has 2 aliphatic carbocycles. The maximum Gasteiger partial charge on any atom is 0.271 e. The van der Waals surface area contributed by atoms with Crippen molar-refractivity contribution in [2.75, 3.05) is 9.80 Å². The first-order valence-corrected chi connectivity index (χ1v) is 15.5. The van der Waals surface area contributed by atoms with Crippen molar-refractivity contribution >= 4 is 40.7 Å². The third kappa shape index (κ3) is 4.05. The van der Waals surface area contributed by atoms with Crippen LogP contribution in [0, 0.1) is 45.1 Å². The van der Waals surface area contributed by atoms with Crippen LogP contribution in [0.4, 0.5) is 17.1 Å². The highest BCUT2D eigenvalue weighted by Gasteiger charge is 2.68. The molecule has 3 heterocycles. The second kappa shape index (κ2) is 10.2.